The summed E-state index contributed by atoms with van der Waals surface area (Å²) in [5, 5.41) is 3.47. The largest absolute Gasteiger partial charge is 0.329 e. The topological polar surface area (TPSA) is 38.0 Å². The smallest absolute Gasteiger partial charge is 0.0162 e. The second-order valence-electron chi connectivity index (χ2n) is 4.56. The third kappa shape index (κ3) is 2.80. The molecule has 1 aromatic rings. The molecule has 1 saturated carbocycles. The summed E-state index contributed by atoms with van der Waals surface area (Å²) in [6.45, 7) is 3.97. The number of hydrogen-bond donors (Lipinski definition) is 2. The van der Waals surface area contributed by atoms with E-state index in [9.17, 15) is 0 Å². The van der Waals surface area contributed by atoms with Crippen LogP contribution in [0.3, 0.4) is 0 Å². The summed E-state index contributed by atoms with van der Waals surface area (Å²) in [5.74, 6) is 1.60. The highest BCUT2D eigenvalue weighted by molar-refractivity contribution is 5.25. The van der Waals surface area contributed by atoms with Crippen LogP contribution < -0.4 is 11.1 Å². The second-order valence-corrected chi connectivity index (χ2v) is 4.56. The molecule has 0 heterocycles. The van der Waals surface area contributed by atoms with Gasteiger partial charge >= 0.3 is 0 Å². The third-order valence-corrected chi connectivity index (χ3v) is 3.23. The van der Waals surface area contributed by atoms with Crippen molar-refractivity contribution in [2.24, 2.45) is 11.7 Å². The molecule has 0 aliphatic heterocycles. The molecule has 0 bridgehead atoms. The maximum atomic E-state index is 5.56. The van der Waals surface area contributed by atoms with Crippen LogP contribution in [0.4, 0.5) is 0 Å². The van der Waals surface area contributed by atoms with Crippen LogP contribution in [-0.4, -0.2) is 19.1 Å². The van der Waals surface area contributed by atoms with Gasteiger partial charge in [0.2, 0.25) is 0 Å². The highest BCUT2D eigenvalue weighted by Gasteiger charge is 2.37. The third-order valence-electron chi connectivity index (χ3n) is 3.23. The van der Waals surface area contributed by atoms with Crippen molar-refractivity contribution < 1.29 is 0 Å². The molecule has 2 unspecified atom stereocenters. The Kier molecular flexibility index (Phi) is 3.39. The molecule has 15 heavy (non-hydrogen) atoms. The van der Waals surface area contributed by atoms with Crippen LogP contribution >= 0.6 is 0 Å². The summed E-state index contributed by atoms with van der Waals surface area (Å²) in [6.07, 6.45) is 1.33. The zero-order valence-corrected chi connectivity index (χ0v) is 9.32. The average molecular weight is 204 g/mol. The van der Waals surface area contributed by atoms with Crippen molar-refractivity contribution in [2.75, 3.05) is 13.1 Å². The normalized spacial score (nSPS) is 26.3. The van der Waals surface area contributed by atoms with Gasteiger partial charge in [-0.1, -0.05) is 30.3 Å². The number of rotatable bonds is 5. The molecule has 82 valence electrons. The maximum absolute atomic E-state index is 5.56. The van der Waals surface area contributed by atoms with Crippen molar-refractivity contribution in [2.45, 2.75) is 25.3 Å². The molecule has 0 aromatic heterocycles. The van der Waals surface area contributed by atoms with Gasteiger partial charge in [-0.15, -0.1) is 0 Å². The molecule has 1 aliphatic carbocycles. The molecule has 3 N–H and O–H groups in total. The minimum Gasteiger partial charge on any atom is -0.329 e. The summed E-state index contributed by atoms with van der Waals surface area (Å²) >= 11 is 0. The lowest BCUT2D eigenvalue weighted by atomic mass is 10.1. The molecular formula is C13H20N2. The van der Waals surface area contributed by atoms with Gasteiger partial charge in [0.25, 0.3) is 0 Å². The second kappa shape index (κ2) is 4.77. The molecule has 1 aliphatic rings. The fraction of sp³-hybridized carbons (Fsp3) is 0.538. The minimum atomic E-state index is 0.446. The molecule has 0 amide bonds. The molecule has 1 aromatic carbocycles. The van der Waals surface area contributed by atoms with E-state index in [0.29, 0.717) is 6.04 Å². The Labute approximate surface area is 91.9 Å². The first-order valence-corrected chi connectivity index (χ1v) is 5.79. The van der Waals surface area contributed by atoms with Crippen LogP contribution in [0.2, 0.25) is 0 Å². The van der Waals surface area contributed by atoms with Gasteiger partial charge in [-0.25, -0.2) is 0 Å². The van der Waals surface area contributed by atoms with Crippen LogP contribution in [0.1, 0.15) is 24.8 Å². The molecular weight excluding hydrogens is 184 g/mol. The van der Waals surface area contributed by atoms with E-state index in [-0.39, 0.29) is 0 Å². The number of nitrogens with two attached hydrogens (primary N) is 1. The Morgan fingerprint density at radius 3 is 2.80 bits per heavy atom. The van der Waals surface area contributed by atoms with Gasteiger partial charge in [-0.2, -0.15) is 0 Å². The van der Waals surface area contributed by atoms with Crippen molar-refractivity contribution in [1.82, 2.24) is 5.32 Å². The number of benzene rings is 1. The zero-order valence-electron chi connectivity index (χ0n) is 9.32. The highest BCUT2D eigenvalue weighted by Crippen LogP contribution is 2.46. The van der Waals surface area contributed by atoms with E-state index in [1.165, 1.54) is 12.0 Å². The molecule has 2 rings (SSSR count). The molecule has 0 radical (unpaired) electrons. The van der Waals surface area contributed by atoms with Crippen molar-refractivity contribution in [3.05, 3.63) is 35.9 Å². The minimum absolute atomic E-state index is 0.446. The first kappa shape index (κ1) is 10.7. The van der Waals surface area contributed by atoms with E-state index in [4.69, 9.17) is 5.73 Å². The summed E-state index contributed by atoms with van der Waals surface area (Å²) in [4.78, 5) is 0. The fourth-order valence-electron chi connectivity index (χ4n) is 2.02. The standard InChI is InChI=1S/C13H20N2/c1-10(8-14)15-9-12-7-13(12)11-5-3-2-4-6-11/h2-6,10,12-13,15H,7-9,14H2,1H3/t10-,12?,13?/m1/s1. The van der Waals surface area contributed by atoms with Crippen LogP contribution in [0, 0.1) is 5.92 Å². The Bertz CT molecular complexity index is 297. The van der Waals surface area contributed by atoms with Crippen molar-refractivity contribution in [1.29, 1.82) is 0 Å². The lowest BCUT2D eigenvalue weighted by Crippen LogP contribution is -2.34. The summed E-state index contributed by atoms with van der Waals surface area (Å²) in [5.41, 5.74) is 7.05. The Morgan fingerprint density at radius 1 is 1.40 bits per heavy atom. The number of nitrogens with one attached hydrogen (secondary N) is 1. The monoisotopic (exact) mass is 204 g/mol. The van der Waals surface area contributed by atoms with Gasteiger partial charge in [0, 0.05) is 12.6 Å². The zero-order chi connectivity index (χ0) is 10.7. The molecule has 1 fully saturated rings. The predicted molar refractivity (Wildman–Crippen MR) is 63.8 cm³/mol. The van der Waals surface area contributed by atoms with Crippen molar-refractivity contribution >= 4 is 0 Å². The van der Waals surface area contributed by atoms with Crippen LogP contribution in [0.25, 0.3) is 0 Å². The number of hydrogen-bond acceptors (Lipinski definition) is 2. The molecule has 0 spiro atoms. The average Bonchev–Trinajstić information content (AvgIpc) is 3.06. The van der Waals surface area contributed by atoms with E-state index in [1.807, 2.05) is 0 Å². The van der Waals surface area contributed by atoms with Crippen molar-refractivity contribution in [3.8, 4) is 0 Å². The predicted octanol–water partition coefficient (Wildman–Crippen LogP) is 1.73. The molecule has 3 atom stereocenters. The Balaban J connectivity index is 1.77. The molecule has 2 nitrogen and oxygen atoms in total. The van der Waals surface area contributed by atoms with Crippen LogP contribution in [0.5, 0.6) is 0 Å². The Hall–Kier alpha value is -0.860. The SMILES string of the molecule is C[C@H](CN)NCC1CC1c1ccccc1. The van der Waals surface area contributed by atoms with E-state index in [1.54, 1.807) is 0 Å². The Morgan fingerprint density at radius 2 is 2.13 bits per heavy atom. The first-order valence-electron chi connectivity index (χ1n) is 5.79. The first-order chi connectivity index (χ1) is 7.31. The quantitative estimate of drug-likeness (QED) is 0.766. The van der Waals surface area contributed by atoms with Gasteiger partial charge in [0.05, 0.1) is 0 Å². The molecule has 0 saturated heterocycles. The lowest BCUT2D eigenvalue weighted by molar-refractivity contribution is 0.530. The maximum Gasteiger partial charge on any atom is 0.0162 e. The highest BCUT2D eigenvalue weighted by atomic mass is 14.9. The summed E-state index contributed by atoms with van der Waals surface area (Å²) < 4.78 is 0. The van der Waals surface area contributed by atoms with E-state index in [0.717, 1.165) is 24.9 Å². The summed E-state index contributed by atoms with van der Waals surface area (Å²) in [6, 6.07) is 11.2. The molecule has 2 heteroatoms. The summed E-state index contributed by atoms with van der Waals surface area (Å²) in [7, 11) is 0. The van der Waals surface area contributed by atoms with Gasteiger partial charge < -0.3 is 11.1 Å². The van der Waals surface area contributed by atoms with Gasteiger partial charge in [-0.3, -0.25) is 0 Å². The fourth-order valence-corrected chi connectivity index (χ4v) is 2.02. The van der Waals surface area contributed by atoms with E-state index >= 15 is 0 Å². The van der Waals surface area contributed by atoms with Gasteiger partial charge in [-0.05, 0) is 37.3 Å². The van der Waals surface area contributed by atoms with Gasteiger partial charge in [0.1, 0.15) is 0 Å². The van der Waals surface area contributed by atoms with Gasteiger partial charge in [0.15, 0.2) is 0 Å². The van der Waals surface area contributed by atoms with Crippen molar-refractivity contribution in [3.63, 3.8) is 0 Å². The van der Waals surface area contributed by atoms with E-state index < -0.39 is 0 Å². The van der Waals surface area contributed by atoms with Crippen LogP contribution in [-0.2, 0) is 0 Å². The lowest BCUT2D eigenvalue weighted by Gasteiger charge is -2.10. The van der Waals surface area contributed by atoms with E-state index in [2.05, 4.69) is 42.6 Å². The van der Waals surface area contributed by atoms with Crippen LogP contribution in [0.15, 0.2) is 30.3 Å².